The summed E-state index contributed by atoms with van der Waals surface area (Å²) in [5.41, 5.74) is 0. The first-order chi connectivity index (χ1) is 4.84. The van der Waals surface area contributed by atoms with Crippen molar-refractivity contribution in [2.75, 3.05) is 6.61 Å². The van der Waals surface area contributed by atoms with Crippen LogP contribution < -0.4 is 4.87 Å². The molecule has 4 heteroatoms. The molecule has 0 atom stereocenters. The Morgan fingerprint density at radius 1 is 1.80 bits per heavy atom. The van der Waals surface area contributed by atoms with Gasteiger partial charge in [-0.2, -0.15) is 0 Å². The van der Waals surface area contributed by atoms with Gasteiger partial charge in [-0.3, -0.25) is 9.36 Å². The number of hydrogen-bond donors (Lipinski definition) is 0. The maximum Gasteiger partial charge on any atom is 0.308 e. The smallest absolute Gasteiger partial charge is 0.308 e. The number of aromatic nitrogens is 1. The van der Waals surface area contributed by atoms with Gasteiger partial charge in [0.2, 0.25) is 0 Å². The molecule has 0 fully saturated rings. The summed E-state index contributed by atoms with van der Waals surface area (Å²) >= 11 is 1.18. The molecule has 0 aliphatic carbocycles. The Hall–Kier alpha value is -0.610. The molecule has 0 aliphatic heterocycles. The van der Waals surface area contributed by atoms with Gasteiger partial charge in [-0.25, -0.2) is 0 Å². The van der Waals surface area contributed by atoms with Gasteiger partial charge in [-0.1, -0.05) is 11.3 Å². The van der Waals surface area contributed by atoms with E-state index < -0.39 is 0 Å². The minimum absolute atomic E-state index is 0.0356. The van der Waals surface area contributed by atoms with Gasteiger partial charge < -0.3 is 4.74 Å². The Morgan fingerprint density at radius 2 is 2.60 bits per heavy atom. The molecule has 1 heterocycles. The van der Waals surface area contributed by atoms with E-state index in [0.29, 0.717) is 13.3 Å². The summed E-state index contributed by atoms with van der Waals surface area (Å²) in [6, 6.07) is 0. The summed E-state index contributed by atoms with van der Waals surface area (Å²) < 4.78 is 6.56. The highest BCUT2D eigenvalue weighted by atomic mass is 32.1. The van der Waals surface area contributed by atoms with Gasteiger partial charge in [0.05, 0.1) is 0 Å². The average molecular weight is 159 g/mol. The minimum Gasteiger partial charge on any atom is -0.361 e. The molecule has 1 rings (SSSR count). The first kappa shape index (κ1) is 7.50. The van der Waals surface area contributed by atoms with Crippen LogP contribution in [0.15, 0.2) is 16.4 Å². The zero-order chi connectivity index (χ0) is 7.40. The molecular weight excluding hydrogens is 150 g/mol. The molecule has 0 saturated heterocycles. The summed E-state index contributed by atoms with van der Waals surface area (Å²) in [6.07, 6.45) is 1.72. The van der Waals surface area contributed by atoms with Crippen molar-refractivity contribution < 1.29 is 4.74 Å². The zero-order valence-corrected chi connectivity index (χ0v) is 6.56. The molecule has 1 aromatic heterocycles. The van der Waals surface area contributed by atoms with E-state index in [1.807, 2.05) is 6.92 Å². The van der Waals surface area contributed by atoms with Gasteiger partial charge in [0, 0.05) is 18.2 Å². The SMILES string of the molecule is CCOCn1ccsc1=O. The van der Waals surface area contributed by atoms with Crippen molar-refractivity contribution in [3.05, 3.63) is 21.2 Å². The molecule has 0 N–H and O–H groups in total. The minimum atomic E-state index is 0.0356. The Labute approximate surface area is 62.9 Å². The lowest BCUT2D eigenvalue weighted by molar-refractivity contribution is 0.0865. The highest BCUT2D eigenvalue weighted by Crippen LogP contribution is 1.88. The second kappa shape index (κ2) is 3.53. The topological polar surface area (TPSA) is 31.2 Å². The quantitative estimate of drug-likeness (QED) is 0.656. The third-order valence-electron chi connectivity index (χ3n) is 1.08. The molecule has 0 aromatic carbocycles. The van der Waals surface area contributed by atoms with E-state index >= 15 is 0 Å². The van der Waals surface area contributed by atoms with Crippen molar-refractivity contribution in [2.24, 2.45) is 0 Å². The van der Waals surface area contributed by atoms with Crippen molar-refractivity contribution in [1.29, 1.82) is 0 Å². The van der Waals surface area contributed by atoms with E-state index in [-0.39, 0.29) is 4.87 Å². The van der Waals surface area contributed by atoms with Gasteiger partial charge in [-0.05, 0) is 6.92 Å². The molecule has 0 unspecified atom stereocenters. The number of ether oxygens (including phenoxy) is 1. The molecule has 0 bridgehead atoms. The predicted octanol–water partition coefficient (Wildman–Crippen LogP) is 0.904. The number of rotatable bonds is 3. The number of nitrogens with zero attached hydrogens (tertiary/aromatic N) is 1. The van der Waals surface area contributed by atoms with E-state index in [4.69, 9.17) is 4.74 Å². The highest BCUT2D eigenvalue weighted by molar-refractivity contribution is 7.07. The Morgan fingerprint density at radius 3 is 3.10 bits per heavy atom. The summed E-state index contributed by atoms with van der Waals surface area (Å²) in [4.78, 5) is 10.9. The second-order valence-electron chi connectivity index (χ2n) is 1.76. The molecule has 3 nitrogen and oxygen atoms in total. The summed E-state index contributed by atoms with van der Waals surface area (Å²) in [7, 11) is 0. The van der Waals surface area contributed by atoms with E-state index in [2.05, 4.69) is 0 Å². The lowest BCUT2D eigenvalue weighted by atomic mass is 10.8. The standard InChI is InChI=1S/C6H9NO2S/c1-2-9-5-7-3-4-10-6(7)8/h3-4H,2,5H2,1H3. The fraction of sp³-hybridized carbons (Fsp3) is 0.500. The average Bonchev–Trinajstić information content (AvgIpc) is 2.31. The third kappa shape index (κ3) is 1.68. The van der Waals surface area contributed by atoms with Crippen LogP contribution in [-0.4, -0.2) is 11.2 Å². The van der Waals surface area contributed by atoms with Gasteiger partial charge >= 0.3 is 4.87 Å². The molecule has 0 saturated carbocycles. The molecule has 0 radical (unpaired) electrons. The lowest BCUT2D eigenvalue weighted by Crippen LogP contribution is -2.13. The number of thiazole rings is 1. The van der Waals surface area contributed by atoms with Crippen LogP contribution >= 0.6 is 11.3 Å². The summed E-state index contributed by atoms with van der Waals surface area (Å²) in [6.45, 7) is 2.92. The van der Waals surface area contributed by atoms with Gasteiger partial charge in [0.25, 0.3) is 0 Å². The Bertz CT molecular complexity index is 240. The molecule has 0 aliphatic rings. The summed E-state index contributed by atoms with van der Waals surface area (Å²) in [5.74, 6) is 0. The van der Waals surface area contributed by atoms with Crippen molar-refractivity contribution in [3.63, 3.8) is 0 Å². The van der Waals surface area contributed by atoms with Crippen LogP contribution in [0.1, 0.15) is 6.92 Å². The predicted molar refractivity (Wildman–Crippen MR) is 40.2 cm³/mol. The lowest BCUT2D eigenvalue weighted by Gasteiger charge is -1.98. The van der Waals surface area contributed by atoms with E-state index in [9.17, 15) is 4.79 Å². The monoisotopic (exact) mass is 159 g/mol. The highest BCUT2D eigenvalue weighted by Gasteiger charge is 1.92. The maximum absolute atomic E-state index is 10.8. The van der Waals surface area contributed by atoms with Gasteiger partial charge in [0.1, 0.15) is 6.73 Å². The van der Waals surface area contributed by atoms with E-state index in [0.717, 1.165) is 0 Å². The van der Waals surface area contributed by atoms with Crippen LogP contribution in [0, 0.1) is 0 Å². The van der Waals surface area contributed by atoms with Crippen molar-refractivity contribution in [1.82, 2.24) is 4.57 Å². The third-order valence-corrected chi connectivity index (χ3v) is 1.77. The maximum atomic E-state index is 10.8. The molecule has 0 spiro atoms. The first-order valence-electron chi connectivity index (χ1n) is 3.06. The molecule has 10 heavy (non-hydrogen) atoms. The van der Waals surface area contributed by atoms with Crippen molar-refractivity contribution in [3.8, 4) is 0 Å². The second-order valence-corrected chi connectivity index (χ2v) is 2.62. The number of hydrogen-bond acceptors (Lipinski definition) is 3. The van der Waals surface area contributed by atoms with Crippen LogP contribution in [0.25, 0.3) is 0 Å². The van der Waals surface area contributed by atoms with E-state index in [1.165, 1.54) is 15.9 Å². The summed E-state index contributed by atoms with van der Waals surface area (Å²) in [5, 5.41) is 1.75. The largest absolute Gasteiger partial charge is 0.361 e. The fourth-order valence-corrected chi connectivity index (χ4v) is 1.15. The Balaban J connectivity index is 2.57. The van der Waals surface area contributed by atoms with E-state index in [1.54, 1.807) is 11.6 Å². The molecule has 56 valence electrons. The van der Waals surface area contributed by atoms with Crippen LogP contribution in [0.3, 0.4) is 0 Å². The molecule has 1 aromatic rings. The first-order valence-corrected chi connectivity index (χ1v) is 3.94. The normalized spacial score (nSPS) is 10.1. The van der Waals surface area contributed by atoms with Crippen LogP contribution in [0.2, 0.25) is 0 Å². The van der Waals surface area contributed by atoms with Crippen molar-refractivity contribution >= 4 is 11.3 Å². The van der Waals surface area contributed by atoms with Crippen LogP contribution in [0.4, 0.5) is 0 Å². The van der Waals surface area contributed by atoms with Gasteiger partial charge in [-0.15, -0.1) is 0 Å². The molecular formula is C6H9NO2S. The molecule has 0 amide bonds. The Kier molecular flexibility index (Phi) is 2.65. The fourth-order valence-electron chi connectivity index (χ4n) is 0.576. The van der Waals surface area contributed by atoms with Gasteiger partial charge in [0.15, 0.2) is 0 Å². The van der Waals surface area contributed by atoms with Crippen LogP contribution in [0.5, 0.6) is 0 Å². The van der Waals surface area contributed by atoms with Crippen molar-refractivity contribution in [2.45, 2.75) is 13.7 Å². The van der Waals surface area contributed by atoms with Crippen LogP contribution in [-0.2, 0) is 11.5 Å². The zero-order valence-electron chi connectivity index (χ0n) is 5.74.